The Morgan fingerprint density at radius 2 is 1.62 bits per heavy atom. The maximum Gasteiger partial charge on any atom is 0.258 e. The standard InChI is InChI=1S/C28H23F2N3O4.C2H2/c1-14(2)33-27(35)20-10-16(6-9-22(20)30)19-13-21-23(11-17(19)12-24(31)34)37-26(25(21)28(36)32-3)15-4-7-18(29)8-5-15;1-2/h4-11,13H,1,12H2,2-3H3,(H2,31,34)(H,32,36)(H,33,35);1-2H. The molecule has 0 saturated heterocycles. The molecule has 3 aromatic carbocycles. The molecule has 0 bridgehead atoms. The molecule has 0 atom stereocenters. The maximum atomic E-state index is 14.5. The fraction of sp³-hybridized carbons (Fsp3) is 0.100. The van der Waals surface area contributed by atoms with E-state index < -0.39 is 29.4 Å². The van der Waals surface area contributed by atoms with Crippen LogP contribution in [0.5, 0.6) is 0 Å². The van der Waals surface area contributed by atoms with Crippen LogP contribution in [0.15, 0.2) is 71.3 Å². The minimum absolute atomic E-state index is 0.183. The van der Waals surface area contributed by atoms with Crippen LogP contribution < -0.4 is 16.4 Å². The van der Waals surface area contributed by atoms with E-state index in [0.717, 1.165) is 6.07 Å². The molecule has 0 fully saturated rings. The Labute approximate surface area is 223 Å². The minimum Gasteiger partial charge on any atom is -0.455 e. The van der Waals surface area contributed by atoms with Crippen LogP contribution in [-0.2, 0) is 11.2 Å². The third-order valence-corrected chi connectivity index (χ3v) is 5.69. The third-order valence-electron chi connectivity index (χ3n) is 5.69. The van der Waals surface area contributed by atoms with Gasteiger partial charge in [-0.05, 0) is 72.1 Å². The molecule has 0 radical (unpaired) electrons. The normalized spacial score (nSPS) is 10.3. The molecule has 0 aliphatic carbocycles. The predicted molar refractivity (Wildman–Crippen MR) is 145 cm³/mol. The van der Waals surface area contributed by atoms with Gasteiger partial charge in [0.2, 0.25) is 5.91 Å². The zero-order valence-corrected chi connectivity index (χ0v) is 21.2. The number of benzene rings is 3. The van der Waals surface area contributed by atoms with Crippen molar-refractivity contribution in [1.29, 1.82) is 0 Å². The van der Waals surface area contributed by atoms with Gasteiger partial charge in [0.05, 0.1) is 17.5 Å². The Balaban J connectivity index is 0.00000205. The van der Waals surface area contributed by atoms with E-state index in [9.17, 15) is 23.2 Å². The summed E-state index contributed by atoms with van der Waals surface area (Å²) in [5.74, 6) is -2.75. The number of carbonyl (C=O) groups is 3. The highest BCUT2D eigenvalue weighted by atomic mass is 19.1. The maximum absolute atomic E-state index is 14.5. The number of hydrogen-bond acceptors (Lipinski definition) is 4. The lowest BCUT2D eigenvalue weighted by Crippen LogP contribution is -2.22. The van der Waals surface area contributed by atoms with Gasteiger partial charge in [-0.2, -0.15) is 0 Å². The summed E-state index contributed by atoms with van der Waals surface area (Å²) in [6.07, 6.45) is 7.82. The van der Waals surface area contributed by atoms with Gasteiger partial charge < -0.3 is 20.8 Å². The number of rotatable bonds is 7. The van der Waals surface area contributed by atoms with Crippen LogP contribution in [-0.4, -0.2) is 24.8 Å². The number of allylic oxidation sites excluding steroid dienone is 1. The van der Waals surface area contributed by atoms with Crippen molar-refractivity contribution in [3.8, 4) is 35.3 Å². The lowest BCUT2D eigenvalue weighted by molar-refractivity contribution is -0.117. The molecule has 3 amide bonds. The van der Waals surface area contributed by atoms with E-state index in [-0.39, 0.29) is 23.3 Å². The van der Waals surface area contributed by atoms with Crippen molar-refractivity contribution in [3.63, 3.8) is 0 Å². The highest BCUT2D eigenvalue weighted by Gasteiger charge is 2.24. The summed E-state index contributed by atoms with van der Waals surface area (Å²) in [6.45, 7) is 5.17. The summed E-state index contributed by atoms with van der Waals surface area (Å²) < 4.78 is 34.1. The SMILES string of the molecule is C#C.C=C(C)NC(=O)c1cc(-c2cc3c(C(=O)NC)c(-c4ccc(F)cc4)oc3cc2CC(N)=O)ccc1F. The van der Waals surface area contributed by atoms with E-state index in [1.807, 2.05) is 0 Å². The summed E-state index contributed by atoms with van der Waals surface area (Å²) >= 11 is 0. The Morgan fingerprint density at radius 1 is 0.974 bits per heavy atom. The minimum atomic E-state index is -0.743. The Bertz CT molecular complexity index is 1620. The molecule has 1 heterocycles. The van der Waals surface area contributed by atoms with Crippen molar-refractivity contribution in [1.82, 2.24) is 10.6 Å². The second kappa shape index (κ2) is 11.9. The van der Waals surface area contributed by atoms with Gasteiger partial charge >= 0.3 is 0 Å². The molecule has 1 aromatic heterocycles. The predicted octanol–water partition coefficient (Wildman–Crippen LogP) is 4.95. The molecule has 4 rings (SSSR count). The first-order chi connectivity index (χ1) is 18.6. The second-order valence-electron chi connectivity index (χ2n) is 8.47. The number of hydrogen-bond donors (Lipinski definition) is 3. The van der Waals surface area contributed by atoms with Crippen LogP contribution in [0.3, 0.4) is 0 Å². The van der Waals surface area contributed by atoms with Crippen molar-refractivity contribution in [3.05, 3.63) is 95.2 Å². The number of carbonyl (C=O) groups excluding carboxylic acids is 3. The Kier molecular flexibility index (Phi) is 8.63. The number of halogens is 2. The molecule has 0 aliphatic rings. The van der Waals surface area contributed by atoms with Gasteiger partial charge in [0.25, 0.3) is 11.8 Å². The van der Waals surface area contributed by atoms with E-state index in [2.05, 4.69) is 30.1 Å². The molecule has 9 heteroatoms. The first-order valence-corrected chi connectivity index (χ1v) is 11.5. The number of primary amides is 1. The number of terminal acetylenes is 1. The van der Waals surface area contributed by atoms with Crippen LogP contribution in [0, 0.1) is 24.5 Å². The molecule has 198 valence electrons. The molecule has 7 nitrogen and oxygen atoms in total. The summed E-state index contributed by atoms with van der Waals surface area (Å²) in [6, 6.07) is 12.6. The van der Waals surface area contributed by atoms with Crippen molar-refractivity contribution < 1.29 is 27.6 Å². The van der Waals surface area contributed by atoms with Gasteiger partial charge in [-0.25, -0.2) is 8.78 Å². The topological polar surface area (TPSA) is 114 Å². The molecule has 0 unspecified atom stereocenters. The number of amides is 3. The average Bonchev–Trinajstić information content (AvgIpc) is 3.27. The summed E-state index contributed by atoms with van der Waals surface area (Å²) in [7, 11) is 1.46. The highest BCUT2D eigenvalue weighted by Crippen LogP contribution is 2.38. The van der Waals surface area contributed by atoms with E-state index in [1.54, 1.807) is 19.1 Å². The quantitative estimate of drug-likeness (QED) is 0.294. The van der Waals surface area contributed by atoms with Crippen molar-refractivity contribution >= 4 is 28.7 Å². The molecular weight excluding hydrogens is 504 g/mol. The van der Waals surface area contributed by atoms with Gasteiger partial charge in [0.1, 0.15) is 23.0 Å². The van der Waals surface area contributed by atoms with E-state index in [1.165, 1.54) is 43.4 Å². The Morgan fingerprint density at radius 3 is 2.21 bits per heavy atom. The Hall–Kier alpha value is -5.23. The molecule has 39 heavy (non-hydrogen) atoms. The zero-order chi connectivity index (χ0) is 28.9. The number of nitrogens with two attached hydrogens (primary N) is 1. The highest BCUT2D eigenvalue weighted by molar-refractivity contribution is 6.12. The smallest absolute Gasteiger partial charge is 0.258 e. The number of nitrogens with one attached hydrogen (secondary N) is 2. The third kappa shape index (κ3) is 6.02. The van der Waals surface area contributed by atoms with Crippen LogP contribution in [0.4, 0.5) is 8.78 Å². The number of furan rings is 1. The van der Waals surface area contributed by atoms with Crippen molar-refractivity contribution in [2.24, 2.45) is 5.73 Å². The summed E-state index contributed by atoms with van der Waals surface area (Å²) in [5.41, 5.74) is 7.86. The molecule has 0 spiro atoms. The number of fused-ring (bicyclic) bond motifs is 1. The molecule has 0 aliphatic heterocycles. The van der Waals surface area contributed by atoms with Crippen molar-refractivity contribution in [2.75, 3.05) is 7.05 Å². The van der Waals surface area contributed by atoms with Gasteiger partial charge in [-0.1, -0.05) is 12.6 Å². The summed E-state index contributed by atoms with van der Waals surface area (Å²) in [4.78, 5) is 37.3. The lowest BCUT2D eigenvalue weighted by Gasteiger charge is -2.12. The van der Waals surface area contributed by atoms with Gasteiger partial charge in [-0.15, -0.1) is 12.8 Å². The van der Waals surface area contributed by atoms with Crippen molar-refractivity contribution in [2.45, 2.75) is 13.3 Å². The first-order valence-electron chi connectivity index (χ1n) is 11.5. The molecule has 0 saturated carbocycles. The fourth-order valence-electron chi connectivity index (χ4n) is 4.07. The lowest BCUT2D eigenvalue weighted by atomic mass is 9.93. The molecule has 4 N–H and O–H groups in total. The molecule has 4 aromatic rings. The van der Waals surface area contributed by atoms with Crippen LogP contribution >= 0.6 is 0 Å². The fourth-order valence-corrected chi connectivity index (χ4v) is 4.07. The van der Waals surface area contributed by atoms with Crippen LogP contribution in [0.1, 0.15) is 33.2 Å². The average molecular weight is 530 g/mol. The first kappa shape index (κ1) is 28.3. The van der Waals surface area contributed by atoms with E-state index in [0.29, 0.717) is 38.9 Å². The van der Waals surface area contributed by atoms with E-state index in [4.69, 9.17) is 10.2 Å². The monoisotopic (exact) mass is 529 g/mol. The zero-order valence-electron chi connectivity index (χ0n) is 21.2. The van der Waals surface area contributed by atoms with Gasteiger partial charge in [0.15, 0.2) is 0 Å². The second-order valence-corrected chi connectivity index (χ2v) is 8.47. The molecular formula is C30H25F2N3O4. The van der Waals surface area contributed by atoms with E-state index >= 15 is 0 Å². The van der Waals surface area contributed by atoms with Gasteiger partial charge in [0, 0.05) is 23.7 Å². The van der Waals surface area contributed by atoms with Gasteiger partial charge in [-0.3, -0.25) is 14.4 Å². The summed E-state index contributed by atoms with van der Waals surface area (Å²) in [5, 5.41) is 5.45. The van der Waals surface area contributed by atoms with Crippen LogP contribution in [0.2, 0.25) is 0 Å². The largest absolute Gasteiger partial charge is 0.455 e. The van der Waals surface area contributed by atoms with Crippen LogP contribution in [0.25, 0.3) is 33.4 Å².